The van der Waals surface area contributed by atoms with Crippen LogP contribution in [0.3, 0.4) is 0 Å². The summed E-state index contributed by atoms with van der Waals surface area (Å²) >= 11 is 0. The van der Waals surface area contributed by atoms with E-state index in [-0.39, 0.29) is 11.7 Å². The number of hydrogen-bond acceptors (Lipinski definition) is 3. The molecule has 16 heavy (non-hydrogen) atoms. The van der Waals surface area contributed by atoms with Crippen molar-refractivity contribution in [1.29, 1.82) is 0 Å². The Morgan fingerprint density at radius 2 is 1.94 bits per heavy atom. The van der Waals surface area contributed by atoms with Gasteiger partial charge in [0.25, 0.3) is 0 Å². The van der Waals surface area contributed by atoms with E-state index < -0.39 is 9.84 Å². The van der Waals surface area contributed by atoms with Gasteiger partial charge >= 0.3 is 0 Å². The zero-order valence-corrected chi connectivity index (χ0v) is 10.4. The van der Waals surface area contributed by atoms with Crippen LogP contribution in [0.2, 0.25) is 0 Å². The molecule has 0 amide bonds. The Kier molecular flexibility index (Phi) is 3.04. The molecule has 0 aromatic heterocycles. The van der Waals surface area contributed by atoms with Crippen LogP contribution in [0, 0.1) is 19.8 Å². The lowest BCUT2D eigenvalue weighted by molar-refractivity contribution is -0.0204. The fraction of sp³-hybridized carbons (Fsp3) is 0.500. The first-order valence-electron chi connectivity index (χ1n) is 5.37. The minimum Gasteiger partial charge on any atom is -0.381 e. The maximum Gasteiger partial charge on any atom is 0.178 e. The Balaban J connectivity index is 2.24. The van der Waals surface area contributed by atoms with Crippen molar-refractivity contribution >= 4 is 9.84 Å². The highest BCUT2D eigenvalue weighted by Crippen LogP contribution is 2.20. The van der Waals surface area contributed by atoms with E-state index >= 15 is 0 Å². The maximum absolute atomic E-state index is 12.0. The third-order valence-electron chi connectivity index (χ3n) is 3.00. The largest absolute Gasteiger partial charge is 0.381 e. The molecule has 2 rings (SSSR count). The Morgan fingerprint density at radius 3 is 2.44 bits per heavy atom. The highest BCUT2D eigenvalue weighted by Gasteiger charge is 2.26. The maximum atomic E-state index is 12.0. The van der Waals surface area contributed by atoms with Gasteiger partial charge in [0, 0.05) is 5.92 Å². The average molecular weight is 240 g/mol. The summed E-state index contributed by atoms with van der Waals surface area (Å²) in [5.41, 5.74) is 2.14. The van der Waals surface area contributed by atoms with Gasteiger partial charge < -0.3 is 4.74 Å². The van der Waals surface area contributed by atoms with Crippen molar-refractivity contribution < 1.29 is 13.2 Å². The van der Waals surface area contributed by atoms with Crippen LogP contribution in [0.5, 0.6) is 0 Å². The van der Waals surface area contributed by atoms with Crippen LogP contribution in [-0.4, -0.2) is 27.4 Å². The van der Waals surface area contributed by atoms with Gasteiger partial charge in [0.15, 0.2) is 9.84 Å². The van der Waals surface area contributed by atoms with Crippen molar-refractivity contribution in [2.24, 2.45) is 5.92 Å². The molecule has 0 saturated carbocycles. The molecule has 1 saturated heterocycles. The van der Waals surface area contributed by atoms with E-state index in [0.717, 1.165) is 11.1 Å². The Bertz CT molecular complexity index is 487. The van der Waals surface area contributed by atoms with Crippen LogP contribution >= 0.6 is 0 Å². The smallest absolute Gasteiger partial charge is 0.178 e. The van der Waals surface area contributed by atoms with Gasteiger partial charge in [-0.2, -0.15) is 0 Å². The monoisotopic (exact) mass is 240 g/mol. The molecular weight excluding hydrogens is 224 g/mol. The molecule has 1 aromatic carbocycles. The number of sulfone groups is 1. The van der Waals surface area contributed by atoms with Gasteiger partial charge in [-0.15, -0.1) is 0 Å². The van der Waals surface area contributed by atoms with Crippen LogP contribution in [0.25, 0.3) is 0 Å². The standard InChI is InChI=1S/C12H16O3S/c1-9-3-4-12(5-10(9)2)16(13,14)8-11-6-15-7-11/h3-5,11H,6-8H2,1-2H3. The molecule has 0 aliphatic carbocycles. The van der Waals surface area contributed by atoms with Gasteiger partial charge in [-0.3, -0.25) is 0 Å². The lowest BCUT2D eigenvalue weighted by atomic mass is 10.1. The molecule has 0 N–H and O–H groups in total. The molecule has 1 aliphatic rings. The summed E-state index contributed by atoms with van der Waals surface area (Å²) in [5.74, 6) is 0.377. The molecule has 1 aromatic rings. The first-order chi connectivity index (χ1) is 7.49. The molecule has 88 valence electrons. The summed E-state index contributed by atoms with van der Waals surface area (Å²) in [5, 5.41) is 0. The van der Waals surface area contributed by atoms with Gasteiger partial charge in [0.1, 0.15) is 0 Å². The zero-order valence-electron chi connectivity index (χ0n) is 9.56. The van der Waals surface area contributed by atoms with E-state index in [1.807, 2.05) is 19.9 Å². The van der Waals surface area contributed by atoms with Crippen LogP contribution in [0.4, 0.5) is 0 Å². The number of ether oxygens (including phenoxy) is 1. The molecule has 0 unspecified atom stereocenters. The molecular formula is C12H16O3S. The fourth-order valence-electron chi connectivity index (χ4n) is 1.69. The summed E-state index contributed by atoms with van der Waals surface area (Å²) in [7, 11) is -3.14. The van der Waals surface area contributed by atoms with Crippen LogP contribution in [0.1, 0.15) is 11.1 Å². The van der Waals surface area contributed by atoms with Gasteiger partial charge in [-0.05, 0) is 37.1 Å². The molecule has 1 fully saturated rings. The van der Waals surface area contributed by atoms with Gasteiger partial charge in [0.2, 0.25) is 0 Å². The number of rotatable bonds is 3. The SMILES string of the molecule is Cc1ccc(S(=O)(=O)CC2COC2)cc1C. The van der Waals surface area contributed by atoms with Crippen LogP contribution in [-0.2, 0) is 14.6 Å². The lowest BCUT2D eigenvalue weighted by Gasteiger charge is -2.25. The number of aryl methyl sites for hydroxylation is 2. The van der Waals surface area contributed by atoms with Gasteiger partial charge in [0.05, 0.1) is 23.9 Å². The van der Waals surface area contributed by atoms with Crippen molar-refractivity contribution in [3.63, 3.8) is 0 Å². The van der Waals surface area contributed by atoms with E-state index in [9.17, 15) is 8.42 Å². The van der Waals surface area contributed by atoms with Crippen molar-refractivity contribution in [2.75, 3.05) is 19.0 Å². The highest BCUT2D eigenvalue weighted by molar-refractivity contribution is 7.91. The van der Waals surface area contributed by atoms with E-state index in [2.05, 4.69) is 0 Å². The van der Waals surface area contributed by atoms with E-state index in [1.165, 1.54) is 0 Å². The summed E-state index contributed by atoms with van der Waals surface area (Å²) in [6, 6.07) is 5.31. The molecule has 1 aliphatic heterocycles. The van der Waals surface area contributed by atoms with Crippen molar-refractivity contribution in [3.8, 4) is 0 Å². The second-order valence-electron chi connectivity index (χ2n) is 4.43. The third kappa shape index (κ3) is 2.28. The third-order valence-corrected chi connectivity index (χ3v) is 4.88. The van der Waals surface area contributed by atoms with E-state index in [0.29, 0.717) is 18.1 Å². The summed E-state index contributed by atoms with van der Waals surface area (Å²) in [6.07, 6.45) is 0. The van der Waals surface area contributed by atoms with Gasteiger partial charge in [-0.1, -0.05) is 6.07 Å². The molecule has 0 atom stereocenters. The second kappa shape index (κ2) is 4.18. The number of hydrogen-bond donors (Lipinski definition) is 0. The predicted octanol–water partition coefficient (Wildman–Crippen LogP) is 1.72. The minimum atomic E-state index is -3.14. The molecule has 0 bridgehead atoms. The normalized spacial score (nSPS) is 17.1. The minimum absolute atomic E-state index is 0.173. The molecule has 4 heteroatoms. The first kappa shape index (κ1) is 11.6. The van der Waals surface area contributed by atoms with Crippen molar-refractivity contribution in [1.82, 2.24) is 0 Å². The van der Waals surface area contributed by atoms with Crippen LogP contribution in [0.15, 0.2) is 23.1 Å². The van der Waals surface area contributed by atoms with Gasteiger partial charge in [-0.25, -0.2) is 8.42 Å². The zero-order chi connectivity index (χ0) is 11.8. The first-order valence-corrected chi connectivity index (χ1v) is 7.02. The summed E-state index contributed by atoms with van der Waals surface area (Å²) in [6.45, 7) is 5.06. The van der Waals surface area contributed by atoms with Crippen molar-refractivity contribution in [3.05, 3.63) is 29.3 Å². The van der Waals surface area contributed by atoms with Crippen LogP contribution < -0.4 is 0 Å². The number of benzene rings is 1. The average Bonchev–Trinajstić information content (AvgIpc) is 2.16. The summed E-state index contributed by atoms with van der Waals surface area (Å²) in [4.78, 5) is 0.433. The molecule has 3 nitrogen and oxygen atoms in total. The molecule has 1 heterocycles. The topological polar surface area (TPSA) is 43.4 Å². The Hall–Kier alpha value is -0.870. The Morgan fingerprint density at radius 1 is 1.25 bits per heavy atom. The quantitative estimate of drug-likeness (QED) is 0.808. The molecule has 0 spiro atoms. The predicted molar refractivity (Wildman–Crippen MR) is 62.3 cm³/mol. The second-order valence-corrected chi connectivity index (χ2v) is 6.47. The fourth-order valence-corrected chi connectivity index (χ4v) is 3.33. The summed E-state index contributed by atoms with van der Waals surface area (Å²) < 4.78 is 29.1. The van der Waals surface area contributed by atoms with Crippen molar-refractivity contribution in [2.45, 2.75) is 18.7 Å². The van der Waals surface area contributed by atoms with E-state index in [4.69, 9.17) is 4.74 Å². The van der Waals surface area contributed by atoms with E-state index in [1.54, 1.807) is 12.1 Å². The Labute approximate surface area is 96.4 Å². The lowest BCUT2D eigenvalue weighted by Crippen LogP contribution is -2.33. The highest BCUT2D eigenvalue weighted by atomic mass is 32.2. The molecule has 0 radical (unpaired) electrons.